The molecule has 0 bridgehead atoms. The summed E-state index contributed by atoms with van der Waals surface area (Å²) in [7, 11) is 1.48. The molecule has 200 valence electrons. The molecule has 4 aromatic rings. The van der Waals surface area contributed by atoms with E-state index < -0.39 is 17.4 Å². The Labute approximate surface area is 229 Å². The van der Waals surface area contributed by atoms with Crippen molar-refractivity contribution < 1.29 is 10.2 Å². The first-order chi connectivity index (χ1) is 18.3. The minimum atomic E-state index is -0.766. The summed E-state index contributed by atoms with van der Waals surface area (Å²) in [6.45, 7) is 2.04. The van der Waals surface area contributed by atoms with Gasteiger partial charge in [0.1, 0.15) is 5.82 Å². The van der Waals surface area contributed by atoms with E-state index in [0.29, 0.717) is 45.9 Å². The maximum atomic E-state index is 13.5. The number of hydrogen-bond donors (Lipinski definition) is 2. The van der Waals surface area contributed by atoms with E-state index in [2.05, 4.69) is 4.90 Å². The largest absolute Gasteiger partial charge is 0.394 e. The van der Waals surface area contributed by atoms with E-state index in [4.69, 9.17) is 33.3 Å². The molecule has 2 aromatic heterocycles. The average Bonchev–Trinajstić information content (AvgIpc) is 3.31. The number of piperidine rings is 1. The van der Waals surface area contributed by atoms with E-state index >= 15 is 0 Å². The van der Waals surface area contributed by atoms with Gasteiger partial charge >= 0.3 is 5.69 Å². The number of aliphatic hydroxyl groups is 2. The third-order valence-corrected chi connectivity index (χ3v) is 7.75. The van der Waals surface area contributed by atoms with E-state index in [-0.39, 0.29) is 18.0 Å². The summed E-state index contributed by atoms with van der Waals surface area (Å²) in [6.07, 6.45) is 0.853. The Morgan fingerprint density at radius 2 is 1.74 bits per heavy atom. The Bertz CT molecular complexity index is 1570. The van der Waals surface area contributed by atoms with Crippen molar-refractivity contribution in [3.05, 3.63) is 79.4 Å². The van der Waals surface area contributed by atoms with Crippen LogP contribution in [0, 0.1) is 5.92 Å². The lowest BCUT2D eigenvalue weighted by atomic mass is 9.96. The molecule has 0 saturated carbocycles. The molecule has 2 aromatic carbocycles. The number of halogens is 2. The summed E-state index contributed by atoms with van der Waals surface area (Å²) in [5.74, 6) is 0.637. The highest BCUT2D eigenvalue weighted by molar-refractivity contribution is 6.33. The molecule has 9 nitrogen and oxygen atoms in total. The van der Waals surface area contributed by atoms with Gasteiger partial charge in [0, 0.05) is 36.4 Å². The van der Waals surface area contributed by atoms with Crippen LogP contribution in [-0.2, 0) is 13.6 Å². The summed E-state index contributed by atoms with van der Waals surface area (Å²) in [4.78, 5) is 33.9. The standard InChI is InChI=1S/C27H29Cl2N5O4/c1-31-26(37)23-25(33(27(31)38)14-17-10-12-32(13-11-17)15-20(36)16-35)30-24(21-4-2-3-5-22(21)29)34(23)19-8-6-18(28)7-9-19/h2-9,17,20,35-36H,10-16H2,1H3. The molecule has 0 aliphatic carbocycles. The lowest BCUT2D eigenvalue weighted by Gasteiger charge is -2.33. The fraction of sp³-hybridized carbons (Fsp3) is 0.370. The molecule has 0 radical (unpaired) electrons. The van der Waals surface area contributed by atoms with Crippen molar-refractivity contribution in [2.24, 2.45) is 13.0 Å². The Balaban J connectivity index is 1.64. The van der Waals surface area contributed by atoms with Gasteiger partial charge in [0.25, 0.3) is 5.56 Å². The third kappa shape index (κ3) is 5.04. The van der Waals surface area contributed by atoms with Crippen LogP contribution in [0.25, 0.3) is 28.2 Å². The molecule has 1 aliphatic heterocycles. The van der Waals surface area contributed by atoms with E-state index in [1.165, 1.54) is 7.05 Å². The maximum absolute atomic E-state index is 13.5. The molecule has 0 spiro atoms. The van der Waals surface area contributed by atoms with Gasteiger partial charge in [0.15, 0.2) is 11.2 Å². The zero-order valence-electron chi connectivity index (χ0n) is 20.9. The highest BCUT2D eigenvalue weighted by atomic mass is 35.5. The number of aromatic nitrogens is 4. The number of imidazole rings is 1. The quantitative estimate of drug-likeness (QED) is 0.362. The van der Waals surface area contributed by atoms with Crippen LogP contribution in [0.4, 0.5) is 0 Å². The number of fused-ring (bicyclic) bond motifs is 1. The second kappa shape index (κ2) is 11.0. The number of rotatable bonds is 7. The second-order valence-electron chi connectivity index (χ2n) is 9.74. The number of likely N-dealkylation sites (tertiary alicyclic amines) is 1. The van der Waals surface area contributed by atoms with Gasteiger partial charge in [-0.3, -0.25) is 18.5 Å². The van der Waals surface area contributed by atoms with Crippen LogP contribution in [0.1, 0.15) is 12.8 Å². The van der Waals surface area contributed by atoms with Gasteiger partial charge in [0.2, 0.25) is 0 Å². The molecular formula is C27H29Cl2N5O4. The minimum absolute atomic E-state index is 0.181. The van der Waals surface area contributed by atoms with Crippen LogP contribution < -0.4 is 11.2 Å². The molecular weight excluding hydrogens is 529 g/mol. The Morgan fingerprint density at radius 3 is 2.39 bits per heavy atom. The van der Waals surface area contributed by atoms with Gasteiger partial charge in [-0.05, 0) is 68.2 Å². The van der Waals surface area contributed by atoms with Crippen LogP contribution in [0.15, 0.2) is 58.1 Å². The number of β-amino-alcohol motifs (C(OH)–C–C–N with tert-alkyl or cyclic N) is 1. The van der Waals surface area contributed by atoms with Crippen molar-refractivity contribution in [2.75, 3.05) is 26.2 Å². The van der Waals surface area contributed by atoms with E-state index in [0.717, 1.165) is 30.5 Å². The van der Waals surface area contributed by atoms with Gasteiger partial charge in [-0.1, -0.05) is 35.3 Å². The Kier molecular flexibility index (Phi) is 7.74. The number of hydrogen-bond acceptors (Lipinski definition) is 6. The smallest absolute Gasteiger partial charge is 0.332 e. The van der Waals surface area contributed by atoms with Crippen LogP contribution in [0.2, 0.25) is 10.0 Å². The van der Waals surface area contributed by atoms with E-state index in [9.17, 15) is 14.7 Å². The van der Waals surface area contributed by atoms with Crippen LogP contribution in [-0.4, -0.2) is 66.1 Å². The SMILES string of the molecule is Cn1c(=O)c2c(nc(-c3ccccc3Cl)n2-c2ccc(Cl)cc2)n(CC2CCN(CC(O)CO)CC2)c1=O. The van der Waals surface area contributed by atoms with Crippen molar-refractivity contribution >= 4 is 34.4 Å². The van der Waals surface area contributed by atoms with Crippen molar-refractivity contribution in [2.45, 2.75) is 25.5 Å². The summed E-state index contributed by atoms with van der Waals surface area (Å²) in [5.41, 5.74) is 1.03. The molecule has 1 fully saturated rings. The average molecular weight is 558 g/mol. The number of aliphatic hydroxyl groups excluding tert-OH is 2. The zero-order chi connectivity index (χ0) is 27.0. The highest BCUT2D eigenvalue weighted by Crippen LogP contribution is 2.32. The van der Waals surface area contributed by atoms with Crippen LogP contribution in [0.3, 0.4) is 0 Å². The lowest BCUT2D eigenvalue weighted by Crippen LogP contribution is -2.43. The normalized spacial score (nSPS) is 15.8. The fourth-order valence-electron chi connectivity index (χ4n) is 5.10. The molecule has 1 atom stereocenters. The van der Waals surface area contributed by atoms with Crippen molar-refractivity contribution in [1.29, 1.82) is 0 Å². The van der Waals surface area contributed by atoms with Crippen molar-refractivity contribution in [3.8, 4) is 17.1 Å². The Hall–Kier alpha value is -2.95. The molecule has 1 unspecified atom stereocenters. The molecule has 2 N–H and O–H groups in total. The highest BCUT2D eigenvalue weighted by Gasteiger charge is 2.26. The van der Waals surface area contributed by atoms with Gasteiger partial charge in [-0.2, -0.15) is 0 Å². The van der Waals surface area contributed by atoms with Crippen LogP contribution >= 0.6 is 23.2 Å². The van der Waals surface area contributed by atoms with Gasteiger partial charge < -0.3 is 15.1 Å². The monoisotopic (exact) mass is 557 g/mol. The maximum Gasteiger partial charge on any atom is 0.332 e. The molecule has 38 heavy (non-hydrogen) atoms. The summed E-state index contributed by atoms with van der Waals surface area (Å²) in [6, 6.07) is 14.3. The Morgan fingerprint density at radius 1 is 1.05 bits per heavy atom. The zero-order valence-corrected chi connectivity index (χ0v) is 22.4. The number of benzene rings is 2. The topological polar surface area (TPSA) is 106 Å². The van der Waals surface area contributed by atoms with Crippen molar-refractivity contribution in [3.63, 3.8) is 0 Å². The van der Waals surface area contributed by atoms with Crippen molar-refractivity contribution in [1.82, 2.24) is 23.6 Å². The van der Waals surface area contributed by atoms with Gasteiger partial charge in [-0.15, -0.1) is 0 Å². The van der Waals surface area contributed by atoms with Gasteiger partial charge in [0.05, 0.1) is 17.7 Å². The summed E-state index contributed by atoms with van der Waals surface area (Å²) >= 11 is 12.7. The molecule has 5 rings (SSSR count). The summed E-state index contributed by atoms with van der Waals surface area (Å²) in [5, 5.41) is 20.0. The minimum Gasteiger partial charge on any atom is -0.394 e. The van der Waals surface area contributed by atoms with Gasteiger partial charge in [-0.25, -0.2) is 9.78 Å². The summed E-state index contributed by atoms with van der Waals surface area (Å²) < 4.78 is 4.45. The lowest BCUT2D eigenvalue weighted by molar-refractivity contribution is 0.0462. The number of nitrogens with zero attached hydrogens (tertiary/aromatic N) is 5. The first kappa shape index (κ1) is 26.6. The predicted octanol–water partition coefficient (Wildman–Crippen LogP) is 2.92. The first-order valence-corrected chi connectivity index (χ1v) is 13.3. The second-order valence-corrected chi connectivity index (χ2v) is 10.6. The fourth-order valence-corrected chi connectivity index (χ4v) is 5.45. The molecule has 3 heterocycles. The van der Waals surface area contributed by atoms with E-state index in [1.807, 2.05) is 18.2 Å². The molecule has 1 aliphatic rings. The first-order valence-electron chi connectivity index (χ1n) is 12.5. The molecule has 1 saturated heterocycles. The van der Waals surface area contributed by atoms with Crippen LogP contribution in [0.5, 0.6) is 0 Å². The predicted molar refractivity (Wildman–Crippen MR) is 148 cm³/mol. The molecule has 0 amide bonds. The molecule has 11 heteroatoms. The third-order valence-electron chi connectivity index (χ3n) is 7.17. The van der Waals surface area contributed by atoms with E-state index in [1.54, 1.807) is 39.5 Å².